The second-order valence-corrected chi connectivity index (χ2v) is 9.34. The first-order valence-corrected chi connectivity index (χ1v) is 12.5. The van der Waals surface area contributed by atoms with Crippen LogP contribution < -0.4 is 5.32 Å². The van der Waals surface area contributed by atoms with Gasteiger partial charge in [0.15, 0.2) is 0 Å². The minimum absolute atomic E-state index is 0.262. The fourth-order valence-corrected chi connectivity index (χ4v) is 5.04. The van der Waals surface area contributed by atoms with E-state index >= 15 is 0 Å². The quantitative estimate of drug-likeness (QED) is 0.199. The minimum Gasteiger partial charge on any atom is -0.462 e. The average Bonchev–Trinajstić information content (AvgIpc) is 3.16. The Morgan fingerprint density at radius 2 is 1.54 bits per heavy atom. The number of fused-ring (bicyclic) bond motifs is 2. The van der Waals surface area contributed by atoms with Crippen LogP contribution in [-0.4, -0.2) is 41.1 Å². The number of benzene rings is 4. The molecule has 0 spiro atoms. The zero-order chi connectivity index (χ0) is 25.9. The standard InChI is InChI=1S/C29H22N2O5S/c1-2-36-28(34)18-11-13-21(14-12-18)30-26(32)17-31-27(33)25(37-29(31)35)16-24-22-9-5-3-7-19(22)15-20-8-4-6-10-23(20)24/h3-16H,2,17H2,1H3,(H,30,32)/b25-16-. The maximum atomic E-state index is 13.1. The number of thioether (sulfide) groups is 1. The van der Waals surface area contributed by atoms with E-state index in [1.807, 2.05) is 48.5 Å². The molecule has 1 aliphatic heterocycles. The fourth-order valence-electron chi connectivity index (χ4n) is 4.22. The number of ether oxygens (including phenoxy) is 1. The first-order chi connectivity index (χ1) is 17.9. The van der Waals surface area contributed by atoms with Crippen LogP contribution >= 0.6 is 11.8 Å². The summed E-state index contributed by atoms with van der Waals surface area (Å²) in [4.78, 5) is 51.4. The molecule has 3 amide bonds. The lowest BCUT2D eigenvalue weighted by molar-refractivity contribution is -0.127. The molecule has 37 heavy (non-hydrogen) atoms. The Kier molecular flexibility index (Phi) is 6.74. The minimum atomic E-state index is -0.525. The highest BCUT2D eigenvalue weighted by atomic mass is 32.2. The first kappa shape index (κ1) is 24.3. The number of amides is 3. The SMILES string of the molecule is CCOC(=O)c1ccc(NC(=O)CN2C(=O)S/C(=C\c3c4ccccc4cc4ccccc34)C2=O)cc1. The molecule has 8 heteroatoms. The van der Waals surface area contributed by atoms with Gasteiger partial charge in [-0.2, -0.15) is 0 Å². The number of anilines is 1. The molecule has 1 saturated heterocycles. The van der Waals surface area contributed by atoms with Crippen molar-refractivity contribution < 1.29 is 23.9 Å². The molecule has 0 aliphatic carbocycles. The van der Waals surface area contributed by atoms with E-state index in [1.54, 1.807) is 25.1 Å². The molecule has 7 nitrogen and oxygen atoms in total. The van der Waals surface area contributed by atoms with E-state index in [4.69, 9.17) is 4.74 Å². The van der Waals surface area contributed by atoms with Gasteiger partial charge in [0.2, 0.25) is 5.91 Å². The van der Waals surface area contributed by atoms with Gasteiger partial charge in [0.1, 0.15) is 6.54 Å². The molecule has 5 rings (SSSR count). The molecule has 4 aromatic carbocycles. The van der Waals surface area contributed by atoms with Crippen molar-refractivity contribution >= 4 is 68.1 Å². The van der Waals surface area contributed by atoms with Crippen LogP contribution in [0.1, 0.15) is 22.8 Å². The molecule has 0 unspecified atom stereocenters. The lowest BCUT2D eigenvalue weighted by atomic mass is 9.96. The Bertz CT molecular complexity index is 1540. The Morgan fingerprint density at radius 1 is 0.919 bits per heavy atom. The van der Waals surface area contributed by atoms with E-state index in [0.29, 0.717) is 11.3 Å². The molecule has 0 bridgehead atoms. The normalized spacial score (nSPS) is 14.5. The van der Waals surface area contributed by atoms with Gasteiger partial charge in [0.05, 0.1) is 17.1 Å². The van der Waals surface area contributed by atoms with E-state index in [1.165, 1.54) is 12.1 Å². The number of esters is 1. The van der Waals surface area contributed by atoms with Crippen molar-refractivity contribution in [2.45, 2.75) is 6.92 Å². The van der Waals surface area contributed by atoms with Gasteiger partial charge in [-0.3, -0.25) is 19.3 Å². The van der Waals surface area contributed by atoms with Gasteiger partial charge >= 0.3 is 5.97 Å². The smallest absolute Gasteiger partial charge is 0.338 e. The van der Waals surface area contributed by atoms with Crippen molar-refractivity contribution in [2.24, 2.45) is 0 Å². The summed E-state index contributed by atoms with van der Waals surface area (Å²) in [5.74, 6) is -1.49. The van der Waals surface area contributed by atoms with Gasteiger partial charge in [0, 0.05) is 5.69 Å². The van der Waals surface area contributed by atoms with Crippen LogP contribution in [0.5, 0.6) is 0 Å². The van der Waals surface area contributed by atoms with Crippen LogP contribution in [0, 0.1) is 0 Å². The van der Waals surface area contributed by atoms with Gasteiger partial charge in [-0.05, 0) is 82.2 Å². The van der Waals surface area contributed by atoms with Gasteiger partial charge in [-0.15, -0.1) is 0 Å². The summed E-state index contributed by atoms with van der Waals surface area (Å²) in [5, 5.41) is 6.14. The van der Waals surface area contributed by atoms with E-state index in [2.05, 4.69) is 11.4 Å². The van der Waals surface area contributed by atoms with Gasteiger partial charge in [0.25, 0.3) is 11.1 Å². The summed E-state index contributed by atoms with van der Waals surface area (Å²) in [6, 6.07) is 24.0. The average molecular weight is 511 g/mol. The van der Waals surface area contributed by atoms with Crippen LogP contribution in [0.3, 0.4) is 0 Å². The molecular formula is C29H22N2O5S. The molecule has 0 saturated carbocycles. The number of carbonyl (C=O) groups excluding carboxylic acids is 4. The Morgan fingerprint density at radius 3 is 2.16 bits per heavy atom. The molecule has 1 N–H and O–H groups in total. The molecule has 1 fully saturated rings. The zero-order valence-electron chi connectivity index (χ0n) is 19.9. The van der Waals surface area contributed by atoms with Gasteiger partial charge in [-0.1, -0.05) is 48.5 Å². The van der Waals surface area contributed by atoms with Crippen LogP contribution in [0.25, 0.3) is 27.6 Å². The van der Waals surface area contributed by atoms with Crippen molar-refractivity contribution in [3.63, 3.8) is 0 Å². The number of hydrogen-bond donors (Lipinski definition) is 1. The maximum Gasteiger partial charge on any atom is 0.338 e. The third-order valence-electron chi connectivity index (χ3n) is 5.94. The first-order valence-electron chi connectivity index (χ1n) is 11.7. The molecule has 184 valence electrons. The number of nitrogens with one attached hydrogen (secondary N) is 1. The monoisotopic (exact) mass is 510 g/mol. The fraction of sp³-hybridized carbons (Fsp3) is 0.103. The summed E-state index contributed by atoms with van der Waals surface area (Å²) in [5.41, 5.74) is 1.64. The summed E-state index contributed by atoms with van der Waals surface area (Å²) in [6.07, 6.45) is 1.74. The maximum absolute atomic E-state index is 13.1. The van der Waals surface area contributed by atoms with E-state index in [-0.39, 0.29) is 11.5 Å². The zero-order valence-corrected chi connectivity index (χ0v) is 20.7. The second kappa shape index (κ2) is 10.3. The molecule has 4 aromatic rings. The van der Waals surface area contributed by atoms with Crippen molar-refractivity contribution in [2.75, 3.05) is 18.5 Å². The van der Waals surface area contributed by atoms with Crippen LogP contribution in [0.15, 0.2) is 83.8 Å². The highest BCUT2D eigenvalue weighted by molar-refractivity contribution is 8.18. The third-order valence-corrected chi connectivity index (χ3v) is 6.85. The summed E-state index contributed by atoms with van der Waals surface area (Å²) < 4.78 is 4.95. The van der Waals surface area contributed by atoms with Crippen LogP contribution in [0.4, 0.5) is 10.5 Å². The second-order valence-electron chi connectivity index (χ2n) is 8.35. The number of hydrogen-bond acceptors (Lipinski definition) is 6. The van der Waals surface area contributed by atoms with E-state index in [9.17, 15) is 19.2 Å². The summed E-state index contributed by atoms with van der Waals surface area (Å²) in [6.45, 7) is 1.56. The van der Waals surface area contributed by atoms with Crippen molar-refractivity contribution in [1.82, 2.24) is 4.90 Å². The van der Waals surface area contributed by atoms with Gasteiger partial charge in [-0.25, -0.2) is 4.79 Å². The lowest BCUT2D eigenvalue weighted by Gasteiger charge is -2.13. The molecule has 0 aromatic heterocycles. The molecule has 1 heterocycles. The highest BCUT2D eigenvalue weighted by Crippen LogP contribution is 2.36. The predicted molar refractivity (Wildman–Crippen MR) is 145 cm³/mol. The number of nitrogens with zero attached hydrogens (tertiary/aromatic N) is 1. The number of rotatable bonds is 6. The van der Waals surface area contributed by atoms with E-state index < -0.39 is 29.6 Å². The van der Waals surface area contributed by atoms with Crippen molar-refractivity contribution in [3.05, 3.63) is 94.9 Å². The highest BCUT2D eigenvalue weighted by Gasteiger charge is 2.36. The number of imide groups is 1. The van der Waals surface area contributed by atoms with Crippen LogP contribution in [0.2, 0.25) is 0 Å². The van der Waals surface area contributed by atoms with E-state index in [0.717, 1.165) is 43.8 Å². The van der Waals surface area contributed by atoms with Crippen molar-refractivity contribution in [1.29, 1.82) is 0 Å². The largest absolute Gasteiger partial charge is 0.462 e. The predicted octanol–water partition coefficient (Wildman–Crippen LogP) is 5.84. The molecular weight excluding hydrogens is 488 g/mol. The van der Waals surface area contributed by atoms with Gasteiger partial charge < -0.3 is 10.1 Å². The van der Waals surface area contributed by atoms with Crippen LogP contribution in [-0.2, 0) is 14.3 Å². The Balaban J connectivity index is 1.36. The summed E-state index contributed by atoms with van der Waals surface area (Å²) in [7, 11) is 0. The molecule has 0 radical (unpaired) electrons. The topological polar surface area (TPSA) is 92.8 Å². The molecule has 0 atom stereocenters. The third kappa shape index (κ3) is 4.96. The number of carbonyl (C=O) groups is 4. The summed E-state index contributed by atoms with van der Waals surface area (Å²) >= 11 is 0.819. The van der Waals surface area contributed by atoms with Crippen molar-refractivity contribution in [3.8, 4) is 0 Å². The molecule has 1 aliphatic rings. The Hall–Kier alpha value is -4.43. The lowest BCUT2D eigenvalue weighted by Crippen LogP contribution is -2.36. The Labute approximate surface area is 217 Å².